The molecule has 0 aliphatic rings. The topological polar surface area (TPSA) is 78.9 Å². The van der Waals surface area contributed by atoms with E-state index in [1.807, 2.05) is 0 Å². The van der Waals surface area contributed by atoms with Gasteiger partial charge in [0.05, 0.1) is 0 Å². The van der Waals surface area contributed by atoms with Gasteiger partial charge in [-0.2, -0.15) is 0 Å². The molecule has 0 rings (SSSR count). The Labute approximate surface area is 508 Å². The van der Waals surface area contributed by atoms with Crippen LogP contribution < -0.4 is 0 Å². The van der Waals surface area contributed by atoms with Crippen molar-refractivity contribution >= 4 is 17.9 Å². The molecule has 0 amide bonds. The smallest absolute Gasteiger partial charge is 0.306 e. The average molecular weight is 1140 g/mol. The molecule has 0 aliphatic carbocycles. The summed E-state index contributed by atoms with van der Waals surface area (Å²) in [5.74, 6) is -0.840. The minimum absolute atomic E-state index is 0.0620. The van der Waals surface area contributed by atoms with Gasteiger partial charge in [-0.15, -0.1) is 0 Å². The molecule has 0 saturated heterocycles. The molecule has 1 unspecified atom stereocenters. The maximum absolute atomic E-state index is 12.9. The van der Waals surface area contributed by atoms with E-state index in [-0.39, 0.29) is 31.1 Å². The monoisotopic (exact) mass is 1140 g/mol. The maximum atomic E-state index is 12.9. The second kappa shape index (κ2) is 70.9. The number of hydrogen-bond acceptors (Lipinski definition) is 6. The van der Waals surface area contributed by atoms with Crippen LogP contribution in [-0.4, -0.2) is 37.2 Å². The highest BCUT2D eigenvalue weighted by Gasteiger charge is 2.20. The van der Waals surface area contributed by atoms with Crippen LogP contribution >= 0.6 is 0 Å². The summed E-state index contributed by atoms with van der Waals surface area (Å²) in [6.07, 6.45) is 85.1. The van der Waals surface area contributed by atoms with Crippen LogP contribution in [0.5, 0.6) is 0 Å². The van der Waals surface area contributed by atoms with E-state index in [1.165, 1.54) is 340 Å². The van der Waals surface area contributed by atoms with Gasteiger partial charge in [-0.3, -0.25) is 14.4 Å². The fourth-order valence-electron chi connectivity index (χ4n) is 12.0. The highest BCUT2D eigenvalue weighted by atomic mass is 16.6. The van der Waals surface area contributed by atoms with E-state index < -0.39 is 6.10 Å². The lowest BCUT2D eigenvalue weighted by atomic mass is 10.0. The van der Waals surface area contributed by atoms with E-state index >= 15 is 0 Å². The van der Waals surface area contributed by atoms with Gasteiger partial charge < -0.3 is 14.2 Å². The van der Waals surface area contributed by atoms with Gasteiger partial charge in [0.15, 0.2) is 6.10 Å². The van der Waals surface area contributed by atoms with Crippen molar-refractivity contribution in [1.29, 1.82) is 0 Å². The van der Waals surface area contributed by atoms with Crippen LogP contribution in [0, 0.1) is 0 Å². The zero-order chi connectivity index (χ0) is 58.5. The molecule has 482 valence electrons. The third kappa shape index (κ3) is 69.1. The van der Waals surface area contributed by atoms with Crippen LogP contribution in [0.2, 0.25) is 0 Å². The summed E-state index contributed by atoms with van der Waals surface area (Å²) >= 11 is 0. The predicted octanol–water partition coefficient (Wildman–Crippen LogP) is 25.8. The molecule has 1 atom stereocenters. The summed E-state index contributed by atoms with van der Waals surface area (Å²) < 4.78 is 16.9. The van der Waals surface area contributed by atoms with Gasteiger partial charge in [0.1, 0.15) is 13.2 Å². The zero-order valence-corrected chi connectivity index (χ0v) is 55.6. The Morgan fingerprint density at radius 3 is 0.494 bits per heavy atom. The lowest BCUT2D eigenvalue weighted by molar-refractivity contribution is -0.167. The first kappa shape index (κ1) is 79.4. The lowest BCUT2D eigenvalue weighted by Gasteiger charge is -2.18. The van der Waals surface area contributed by atoms with Crippen molar-refractivity contribution in [2.75, 3.05) is 13.2 Å². The summed E-state index contributed by atoms with van der Waals surface area (Å²) in [5.41, 5.74) is 0. The van der Waals surface area contributed by atoms with Crippen molar-refractivity contribution in [3.05, 3.63) is 0 Å². The summed E-state index contributed by atoms with van der Waals surface area (Å²) in [6, 6.07) is 0. The molecule has 0 aromatic carbocycles. The van der Waals surface area contributed by atoms with Crippen LogP contribution in [0.3, 0.4) is 0 Å². The third-order valence-corrected chi connectivity index (χ3v) is 17.6. The highest BCUT2D eigenvalue weighted by Crippen LogP contribution is 2.20. The molecule has 0 bridgehead atoms. The fourth-order valence-corrected chi connectivity index (χ4v) is 12.0. The third-order valence-electron chi connectivity index (χ3n) is 17.6. The molecule has 0 heterocycles. The van der Waals surface area contributed by atoms with E-state index in [0.717, 1.165) is 64.2 Å². The van der Waals surface area contributed by atoms with Gasteiger partial charge in [-0.25, -0.2) is 0 Å². The van der Waals surface area contributed by atoms with Gasteiger partial charge in [0.25, 0.3) is 0 Å². The van der Waals surface area contributed by atoms with Gasteiger partial charge in [0, 0.05) is 19.3 Å². The van der Waals surface area contributed by atoms with Gasteiger partial charge >= 0.3 is 17.9 Å². The zero-order valence-electron chi connectivity index (χ0n) is 55.6. The van der Waals surface area contributed by atoms with Crippen molar-refractivity contribution in [1.82, 2.24) is 0 Å². The SMILES string of the molecule is CCCCCCCCCCCCCCCCCCCCCCCCCCCCCCCC(=O)OCC(COC(=O)CCCCCCC)OC(=O)CCCCCCCCCCCCCCCCCCCCCCCCCCCCCCC. The first-order valence-electron chi connectivity index (χ1n) is 37.5. The Hall–Kier alpha value is -1.59. The second-order valence-electron chi connectivity index (χ2n) is 25.9. The van der Waals surface area contributed by atoms with Crippen molar-refractivity contribution < 1.29 is 28.6 Å². The summed E-state index contributed by atoms with van der Waals surface area (Å²) in [6.45, 7) is 6.66. The molecule has 6 nitrogen and oxygen atoms in total. The molecule has 0 spiro atoms. The van der Waals surface area contributed by atoms with E-state index in [4.69, 9.17) is 14.2 Å². The van der Waals surface area contributed by atoms with E-state index in [0.29, 0.717) is 19.3 Å². The lowest BCUT2D eigenvalue weighted by Crippen LogP contribution is -2.30. The van der Waals surface area contributed by atoms with E-state index in [2.05, 4.69) is 20.8 Å². The minimum atomic E-state index is -0.761. The molecule has 0 aromatic heterocycles. The van der Waals surface area contributed by atoms with E-state index in [1.54, 1.807) is 0 Å². The Morgan fingerprint density at radius 2 is 0.333 bits per heavy atom. The Balaban J connectivity index is 3.86. The number of unbranched alkanes of at least 4 members (excludes halogenated alkanes) is 60. The molecule has 0 radical (unpaired) electrons. The number of esters is 3. The van der Waals surface area contributed by atoms with E-state index in [9.17, 15) is 14.4 Å². The summed E-state index contributed by atoms with van der Waals surface area (Å²) in [7, 11) is 0. The number of hydrogen-bond donors (Lipinski definition) is 0. The molecule has 0 aromatic rings. The number of rotatable bonds is 71. The van der Waals surface area contributed by atoms with Crippen molar-refractivity contribution in [2.45, 2.75) is 451 Å². The molecule has 81 heavy (non-hydrogen) atoms. The second-order valence-corrected chi connectivity index (χ2v) is 25.9. The average Bonchev–Trinajstić information content (AvgIpc) is 3.47. The van der Waals surface area contributed by atoms with Crippen LogP contribution in [0.25, 0.3) is 0 Å². The molecular formula is C75H146O6. The van der Waals surface area contributed by atoms with Crippen LogP contribution in [-0.2, 0) is 28.6 Å². The highest BCUT2D eigenvalue weighted by molar-refractivity contribution is 5.71. The Morgan fingerprint density at radius 1 is 0.198 bits per heavy atom. The molecule has 0 fully saturated rings. The molecule has 0 N–H and O–H groups in total. The summed E-state index contributed by atoms with van der Waals surface area (Å²) in [4.78, 5) is 38.1. The largest absolute Gasteiger partial charge is 0.462 e. The standard InChI is InChI=1S/C75H146O6/c1-4-7-10-13-15-17-19-21-23-25-27-29-31-33-35-37-39-41-43-45-47-49-51-53-55-57-59-62-65-68-74(77)80-71-72(70-79-73(76)67-64-61-12-9-6-3)81-75(78)69-66-63-60-58-56-54-52-50-48-46-44-42-40-38-36-34-32-30-28-26-24-22-20-18-16-14-11-8-5-2/h72H,4-71H2,1-3H3. The van der Waals surface area contributed by atoms with Gasteiger partial charge in [0.2, 0.25) is 0 Å². The first-order valence-corrected chi connectivity index (χ1v) is 37.5. The van der Waals surface area contributed by atoms with Crippen molar-refractivity contribution in [2.24, 2.45) is 0 Å². The first-order chi connectivity index (χ1) is 40.0. The number of carbonyl (C=O) groups excluding carboxylic acids is 3. The summed E-state index contributed by atoms with van der Waals surface area (Å²) in [5, 5.41) is 0. The molecule has 6 heteroatoms. The van der Waals surface area contributed by atoms with Crippen LogP contribution in [0.15, 0.2) is 0 Å². The van der Waals surface area contributed by atoms with Crippen molar-refractivity contribution in [3.63, 3.8) is 0 Å². The normalized spacial score (nSPS) is 11.9. The van der Waals surface area contributed by atoms with Gasteiger partial charge in [-0.05, 0) is 19.3 Å². The quantitative estimate of drug-likeness (QED) is 0.0343. The van der Waals surface area contributed by atoms with Crippen LogP contribution in [0.1, 0.15) is 445 Å². The van der Waals surface area contributed by atoms with Crippen LogP contribution in [0.4, 0.5) is 0 Å². The molecular weight excluding hydrogens is 997 g/mol. The fraction of sp³-hybridized carbons (Fsp3) is 0.960. The van der Waals surface area contributed by atoms with Crippen molar-refractivity contribution in [3.8, 4) is 0 Å². The number of carbonyl (C=O) groups is 3. The Kier molecular flexibility index (Phi) is 69.5. The predicted molar refractivity (Wildman–Crippen MR) is 354 cm³/mol. The maximum Gasteiger partial charge on any atom is 0.306 e. The Bertz CT molecular complexity index is 1220. The molecule has 0 saturated carbocycles. The minimum Gasteiger partial charge on any atom is -0.462 e. The number of ether oxygens (including phenoxy) is 3. The van der Waals surface area contributed by atoms with Gasteiger partial charge in [-0.1, -0.05) is 406 Å². The molecule has 0 aliphatic heterocycles.